The maximum atomic E-state index is 12.8. The highest BCUT2D eigenvalue weighted by Crippen LogP contribution is 2.30. The lowest BCUT2D eigenvalue weighted by Crippen LogP contribution is -2.14. The third-order valence-corrected chi connectivity index (χ3v) is 4.69. The van der Waals surface area contributed by atoms with E-state index in [1.165, 1.54) is 0 Å². The van der Waals surface area contributed by atoms with Crippen LogP contribution in [0.25, 0.3) is 16.8 Å². The maximum Gasteiger partial charge on any atom is 0.266 e. The van der Waals surface area contributed by atoms with Gasteiger partial charge in [-0.2, -0.15) is 5.26 Å². The highest BCUT2D eigenvalue weighted by molar-refractivity contribution is 6.11. The van der Waals surface area contributed by atoms with Gasteiger partial charge in [0.05, 0.1) is 6.61 Å². The molecule has 3 rings (SSSR count). The van der Waals surface area contributed by atoms with Crippen molar-refractivity contribution in [2.45, 2.75) is 27.2 Å². The number of nitrogens with zero attached hydrogens (tertiary/aromatic N) is 1. The average molecular weight is 384 g/mol. The number of nitrogens with one attached hydrogen (secondary N) is 1. The van der Waals surface area contributed by atoms with Crippen LogP contribution < -0.4 is 10.1 Å². The van der Waals surface area contributed by atoms with E-state index in [1.807, 2.05) is 81.4 Å². The van der Waals surface area contributed by atoms with Crippen molar-refractivity contribution in [3.05, 3.63) is 76.9 Å². The van der Waals surface area contributed by atoms with Crippen molar-refractivity contribution in [1.82, 2.24) is 0 Å². The van der Waals surface area contributed by atoms with E-state index in [0.717, 1.165) is 33.9 Å². The zero-order valence-electron chi connectivity index (χ0n) is 17.0. The molecule has 0 aliphatic rings. The molecule has 0 unspecified atom stereocenters. The summed E-state index contributed by atoms with van der Waals surface area (Å²) in [6.45, 7) is 6.49. The second-order valence-electron chi connectivity index (χ2n) is 6.99. The molecule has 0 radical (unpaired) electrons. The molecule has 0 atom stereocenters. The van der Waals surface area contributed by atoms with Crippen LogP contribution in [-0.4, -0.2) is 12.5 Å². The van der Waals surface area contributed by atoms with E-state index in [-0.39, 0.29) is 5.57 Å². The van der Waals surface area contributed by atoms with Crippen molar-refractivity contribution >= 4 is 28.4 Å². The van der Waals surface area contributed by atoms with Crippen LogP contribution in [0.2, 0.25) is 0 Å². The van der Waals surface area contributed by atoms with E-state index in [4.69, 9.17) is 4.74 Å². The minimum atomic E-state index is -0.435. The minimum Gasteiger partial charge on any atom is -0.493 e. The molecular weight excluding hydrogens is 360 g/mol. The Bertz CT molecular complexity index is 1120. The number of benzene rings is 3. The Hall–Kier alpha value is -3.58. The van der Waals surface area contributed by atoms with Crippen LogP contribution in [0.15, 0.2) is 60.2 Å². The molecule has 0 saturated heterocycles. The normalized spacial score (nSPS) is 11.2. The van der Waals surface area contributed by atoms with Gasteiger partial charge in [-0.1, -0.05) is 49.4 Å². The highest BCUT2D eigenvalue weighted by atomic mass is 16.5. The predicted molar refractivity (Wildman–Crippen MR) is 118 cm³/mol. The predicted octanol–water partition coefficient (Wildman–Crippen LogP) is 5.79. The van der Waals surface area contributed by atoms with E-state index in [0.29, 0.717) is 18.0 Å². The van der Waals surface area contributed by atoms with Gasteiger partial charge in [-0.05, 0) is 60.4 Å². The van der Waals surface area contributed by atoms with Gasteiger partial charge in [-0.15, -0.1) is 0 Å². The molecule has 3 aromatic carbocycles. The summed E-state index contributed by atoms with van der Waals surface area (Å²) in [7, 11) is 0. The lowest BCUT2D eigenvalue weighted by atomic mass is 10.0. The van der Waals surface area contributed by atoms with Gasteiger partial charge in [0, 0.05) is 11.3 Å². The van der Waals surface area contributed by atoms with Gasteiger partial charge in [0.25, 0.3) is 5.91 Å². The molecular formula is C25H24N2O2. The summed E-state index contributed by atoms with van der Waals surface area (Å²) < 4.78 is 5.89. The first-order chi connectivity index (χ1) is 14.0. The largest absolute Gasteiger partial charge is 0.493 e. The molecule has 1 amide bonds. The minimum absolute atomic E-state index is 0.0311. The maximum absolute atomic E-state index is 12.8. The van der Waals surface area contributed by atoms with Crippen molar-refractivity contribution in [2.24, 2.45) is 0 Å². The molecule has 0 saturated carbocycles. The van der Waals surface area contributed by atoms with Crippen LogP contribution in [0.4, 0.5) is 5.69 Å². The lowest BCUT2D eigenvalue weighted by molar-refractivity contribution is -0.112. The monoisotopic (exact) mass is 384 g/mol. The first-order valence-corrected chi connectivity index (χ1v) is 9.68. The van der Waals surface area contributed by atoms with E-state index < -0.39 is 5.91 Å². The lowest BCUT2D eigenvalue weighted by Gasteiger charge is -2.13. The molecule has 0 bridgehead atoms. The fraction of sp³-hybridized carbons (Fsp3) is 0.200. The number of anilines is 1. The van der Waals surface area contributed by atoms with Crippen LogP contribution in [0.5, 0.6) is 5.75 Å². The van der Waals surface area contributed by atoms with Gasteiger partial charge in [0.1, 0.15) is 17.4 Å². The van der Waals surface area contributed by atoms with Gasteiger partial charge < -0.3 is 10.1 Å². The van der Waals surface area contributed by atoms with E-state index >= 15 is 0 Å². The molecule has 1 N–H and O–H groups in total. The molecule has 0 heterocycles. The van der Waals surface area contributed by atoms with Crippen LogP contribution in [0.1, 0.15) is 30.0 Å². The number of fused-ring (bicyclic) bond motifs is 1. The Morgan fingerprint density at radius 3 is 2.69 bits per heavy atom. The molecule has 146 valence electrons. The summed E-state index contributed by atoms with van der Waals surface area (Å²) in [6.07, 6.45) is 2.49. The fourth-order valence-electron chi connectivity index (χ4n) is 3.12. The Morgan fingerprint density at radius 2 is 1.93 bits per heavy atom. The number of ether oxygens (including phenoxy) is 1. The molecule has 0 spiro atoms. The number of carbonyl (C=O) groups is 1. The van der Waals surface area contributed by atoms with Gasteiger partial charge in [-0.25, -0.2) is 0 Å². The zero-order valence-corrected chi connectivity index (χ0v) is 17.0. The van der Waals surface area contributed by atoms with Crippen molar-refractivity contribution in [2.75, 3.05) is 11.9 Å². The van der Waals surface area contributed by atoms with E-state index in [1.54, 1.807) is 6.08 Å². The van der Waals surface area contributed by atoms with Crippen molar-refractivity contribution < 1.29 is 9.53 Å². The summed E-state index contributed by atoms with van der Waals surface area (Å²) in [4.78, 5) is 12.8. The Morgan fingerprint density at radius 1 is 1.14 bits per heavy atom. The zero-order chi connectivity index (χ0) is 20.8. The molecule has 4 heteroatoms. The quantitative estimate of drug-likeness (QED) is 0.432. The van der Waals surface area contributed by atoms with Gasteiger partial charge in [-0.3, -0.25) is 4.79 Å². The summed E-state index contributed by atoms with van der Waals surface area (Å²) in [5, 5.41) is 14.5. The summed E-state index contributed by atoms with van der Waals surface area (Å²) in [5.41, 5.74) is 3.46. The van der Waals surface area contributed by atoms with Gasteiger partial charge >= 0.3 is 0 Å². The molecule has 3 aromatic rings. The Balaban J connectivity index is 2.04. The number of rotatable bonds is 6. The first-order valence-electron chi connectivity index (χ1n) is 9.68. The van der Waals surface area contributed by atoms with E-state index in [2.05, 4.69) is 5.32 Å². The molecule has 0 aromatic heterocycles. The number of aryl methyl sites for hydroxylation is 2. The van der Waals surface area contributed by atoms with Gasteiger partial charge in [0.2, 0.25) is 0 Å². The smallest absolute Gasteiger partial charge is 0.266 e. The third kappa shape index (κ3) is 4.64. The van der Waals surface area contributed by atoms with Crippen molar-refractivity contribution in [3.8, 4) is 11.8 Å². The molecule has 0 aliphatic heterocycles. The van der Waals surface area contributed by atoms with E-state index in [9.17, 15) is 10.1 Å². The molecule has 4 nitrogen and oxygen atoms in total. The Kier molecular flexibility index (Phi) is 6.31. The second-order valence-corrected chi connectivity index (χ2v) is 6.99. The number of hydrogen-bond donors (Lipinski definition) is 1. The van der Waals surface area contributed by atoms with Gasteiger partial charge in [0.15, 0.2) is 0 Å². The topological polar surface area (TPSA) is 62.1 Å². The van der Waals surface area contributed by atoms with Crippen molar-refractivity contribution in [1.29, 1.82) is 5.26 Å². The van der Waals surface area contributed by atoms with Crippen LogP contribution in [0.3, 0.4) is 0 Å². The first kappa shape index (κ1) is 20.2. The number of amides is 1. The van der Waals surface area contributed by atoms with Crippen LogP contribution >= 0.6 is 0 Å². The SMILES string of the molecule is CCCOc1ccc2ccccc2c1/C=C(\C#N)C(=O)Nc1cc(C)ccc1C. The molecule has 29 heavy (non-hydrogen) atoms. The Labute approximate surface area is 171 Å². The molecule has 0 fully saturated rings. The van der Waals surface area contributed by atoms with Crippen molar-refractivity contribution in [3.63, 3.8) is 0 Å². The second kappa shape index (κ2) is 9.07. The van der Waals surface area contributed by atoms with Crippen LogP contribution in [-0.2, 0) is 4.79 Å². The average Bonchev–Trinajstić information content (AvgIpc) is 2.73. The standard InChI is InChI=1S/C25H24N2O2/c1-4-13-29-24-12-11-19-7-5-6-8-21(19)22(24)15-20(16-26)25(28)27-23-14-17(2)9-10-18(23)3/h5-12,14-15H,4,13H2,1-3H3,(H,27,28)/b20-15+. The fourth-order valence-corrected chi connectivity index (χ4v) is 3.12. The molecule has 0 aliphatic carbocycles. The summed E-state index contributed by atoms with van der Waals surface area (Å²) in [6, 6.07) is 19.6. The number of hydrogen-bond acceptors (Lipinski definition) is 3. The third-order valence-electron chi connectivity index (χ3n) is 4.69. The summed E-state index contributed by atoms with van der Waals surface area (Å²) >= 11 is 0. The summed E-state index contributed by atoms with van der Waals surface area (Å²) in [5.74, 6) is 0.230. The van der Waals surface area contributed by atoms with Crippen LogP contribution in [0, 0.1) is 25.2 Å². The number of nitriles is 1. The number of carbonyl (C=O) groups excluding carboxylic acids is 1. The highest BCUT2D eigenvalue weighted by Gasteiger charge is 2.14.